The Morgan fingerprint density at radius 2 is 1.96 bits per heavy atom. The normalized spacial score (nSPS) is 26.7. The molecule has 0 bridgehead atoms. The molecule has 158 valence electrons. The zero-order valence-corrected chi connectivity index (χ0v) is 19.9. The summed E-state index contributed by atoms with van der Waals surface area (Å²) >= 11 is 1.96. The lowest BCUT2D eigenvalue weighted by molar-refractivity contribution is -0.0367. The lowest BCUT2D eigenvalue weighted by Crippen LogP contribution is -2.51. The summed E-state index contributed by atoms with van der Waals surface area (Å²) in [5, 5.41) is 3.63. The molecule has 1 atom stereocenters. The number of aliphatic imine (C=N–C) groups is 1. The number of likely N-dealkylation sites (tertiary alicyclic amines) is 1. The van der Waals surface area contributed by atoms with Gasteiger partial charge in [-0.25, -0.2) is 0 Å². The Bertz CT molecular complexity index is 449. The fourth-order valence-electron chi connectivity index (χ4n) is 4.02. The van der Waals surface area contributed by atoms with Gasteiger partial charge in [0.15, 0.2) is 5.96 Å². The van der Waals surface area contributed by atoms with Crippen LogP contribution in [-0.4, -0.2) is 87.2 Å². The number of guanidine groups is 1. The van der Waals surface area contributed by atoms with Gasteiger partial charge in [0.25, 0.3) is 0 Å². The highest BCUT2D eigenvalue weighted by Gasteiger charge is 2.32. The number of hydrogen-bond donors (Lipinski definition) is 1. The molecule has 0 aromatic heterocycles. The van der Waals surface area contributed by atoms with Crippen molar-refractivity contribution >= 4 is 41.7 Å². The molecular formula is C19H36IN3O3S. The third kappa shape index (κ3) is 6.90. The maximum Gasteiger partial charge on any atom is 0.193 e. The quantitative estimate of drug-likeness (QED) is 0.335. The van der Waals surface area contributed by atoms with Gasteiger partial charge in [0.2, 0.25) is 0 Å². The molecule has 3 heterocycles. The van der Waals surface area contributed by atoms with Crippen molar-refractivity contribution in [1.29, 1.82) is 0 Å². The van der Waals surface area contributed by atoms with Gasteiger partial charge in [0.1, 0.15) is 0 Å². The average molecular weight is 513 g/mol. The van der Waals surface area contributed by atoms with E-state index in [1.807, 2.05) is 18.8 Å². The minimum atomic E-state index is 0. The molecule has 3 aliphatic heterocycles. The second kappa shape index (κ2) is 12.0. The lowest BCUT2D eigenvalue weighted by Gasteiger charge is -2.38. The average Bonchev–Trinajstić information content (AvgIpc) is 3.22. The summed E-state index contributed by atoms with van der Waals surface area (Å²) in [7, 11) is 1.89. The van der Waals surface area contributed by atoms with Crippen molar-refractivity contribution in [2.45, 2.75) is 55.5 Å². The molecule has 8 heteroatoms. The number of hydrogen-bond acceptors (Lipinski definition) is 5. The van der Waals surface area contributed by atoms with Crippen molar-refractivity contribution in [1.82, 2.24) is 10.2 Å². The molecule has 3 aliphatic rings. The zero-order valence-electron chi connectivity index (χ0n) is 16.8. The van der Waals surface area contributed by atoms with Crippen molar-refractivity contribution in [3.05, 3.63) is 0 Å². The fraction of sp³-hybridized carbons (Fsp3) is 0.947. The summed E-state index contributed by atoms with van der Waals surface area (Å²) in [4.78, 5) is 6.90. The van der Waals surface area contributed by atoms with E-state index >= 15 is 0 Å². The second-order valence-electron chi connectivity index (χ2n) is 7.56. The van der Waals surface area contributed by atoms with E-state index in [9.17, 15) is 0 Å². The largest absolute Gasteiger partial charge is 0.381 e. The highest BCUT2D eigenvalue weighted by atomic mass is 127. The van der Waals surface area contributed by atoms with Gasteiger partial charge in [-0.1, -0.05) is 0 Å². The number of nitrogens with one attached hydrogen (secondary N) is 1. The van der Waals surface area contributed by atoms with Gasteiger partial charge in [0, 0.05) is 51.2 Å². The van der Waals surface area contributed by atoms with Crippen molar-refractivity contribution in [2.24, 2.45) is 4.99 Å². The highest BCUT2D eigenvalue weighted by Crippen LogP contribution is 2.33. The third-order valence-corrected chi connectivity index (χ3v) is 7.32. The van der Waals surface area contributed by atoms with Crippen LogP contribution in [0.5, 0.6) is 0 Å². The van der Waals surface area contributed by atoms with E-state index in [-0.39, 0.29) is 28.7 Å². The Hall–Kier alpha value is 0.230. The third-order valence-electron chi connectivity index (χ3n) is 5.90. The Morgan fingerprint density at radius 3 is 2.56 bits per heavy atom. The van der Waals surface area contributed by atoms with E-state index in [1.54, 1.807) is 0 Å². The second-order valence-corrected chi connectivity index (χ2v) is 8.83. The Labute approximate surface area is 185 Å². The van der Waals surface area contributed by atoms with Gasteiger partial charge in [-0.3, -0.25) is 4.99 Å². The Kier molecular flexibility index (Phi) is 10.5. The van der Waals surface area contributed by atoms with Crippen LogP contribution in [0, 0.1) is 0 Å². The topological polar surface area (TPSA) is 55.3 Å². The van der Waals surface area contributed by atoms with Crippen LogP contribution in [0.3, 0.4) is 0 Å². The number of rotatable bonds is 6. The molecular weight excluding hydrogens is 477 g/mol. The standard InChI is InChI=1S/C19H35N3O3S.HI/c1-20-18(21-15-19(26-2)7-12-23-13-8-19)22-9-5-16(6-10-22)25-14-17-4-3-11-24-17;/h16-17H,3-15H2,1-2H3,(H,20,21);1H. The maximum absolute atomic E-state index is 6.09. The van der Waals surface area contributed by atoms with Crippen LogP contribution in [0.15, 0.2) is 4.99 Å². The van der Waals surface area contributed by atoms with Crippen LogP contribution in [-0.2, 0) is 14.2 Å². The molecule has 0 spiro atoms. The summed E-state index contributed by atoms with van der Waals surface area (Å²) in [6.07, 6.45) is 9.58. The number of nitrogens with zero attached hydrogens (tertiary/aromatic N) is 2. The molecule has 0 saturated carbocycles. The molecule has 0 aromatic carbocycles. The van der Waals surface area contributed by atoms with Crippen LogP contribution in [0.4, 0.5) is 0 Å². The van der Waals surface area contributed by atoms with E-state index in [4.69, 9.17) is 14.2 Å². The molecule has 3 fully saturated rings. The highest BCUT2D eigenvalue weighted by molar-refractivity contribution is 14.0. The first-order chi connectivity index (χ1) is 12.7. The van der Waals surface area contributed by atoms with Gasteiger partial charge in [-0.05, 0) is 44.8 Å². The van der Waals surface area contributed by atoms with Gasteiger partial charge in [0.05, 0.1) is 18.8 Å². The summed E-state index contributed by atoms with van der Waals surface area (Å²) in [5.41, 5.74) is 0. The molecule has 27 heavy (non-hydrogen) atoms. The minimum absolute atomic E-state index is 0. The van der Waals surface area contributed by atoms with Crippen LogP contribution >= 0.6 is 35.7 Å². The fourth-order valence-corrected chi connectivity index (χ4v) is 4.81. The summed E-state index contributed by atoms with van der Waals surface area (Å²) < 4.78 is 17.6. The molecule has 1 N–H and O–H groups in total. The summed E-state index contributed by atoms with van der Waals surface area (Å²) in [5.74, 6) is 1.03. The van der Waals surface area contributed by atoms with Crippen LogP contribution in [0.2, 0.25) is 0 Å². The lowest BCUT2D eigenvalue weighted by atomic mass is 9.99. The monoisotopic (exact) mass is 513 g/mol. The first-order valence-corrected chi connectivity index (χ1v) is 11.3. The summed E-state index contributed by atoms with van der Waals surface area (Å²) in [6, 6.07) is 0. The van der Waals surface area contributed by atoms with Crippen molar-refractivity contribution < 1.29 is 14.2 Å². The molecule has 3 rings (SSSR count). The van der Waals surface area contributed by atoms with Gasteiger partial charge in [-0.15, -0.1) is 24.0 Å². The zero-order chi connectivity index (χ0) is 18.2. The summed E-state index contributed by atoms with van der Waals surface area (Å²) in [6.45, 7) is 6.37. The van der Waals surface area contributed by atoms with E-state index in [0.717, 1.165) is 84.1 Å². The molecule has 6 nitrogen and oxygen atoms in total. The van der Waals surface area contributed by atoms with E-state index in [1.165, 1.54) is 6.42 Å². The van der Waals surface area contributed by atoms with Gasteiger partial charge in [-0.2, -0.15) is 11.8 Å². The van der Waals surface area contributed by atoms with E-state index < -0.39 is 0 Å². The molecule has 0 amide bonds. The molecule has 0 aromatic rings. The van der Waals surface area contributed by atoms with E-state index in [0.29, 0.717) is 12.2 Å². The molecule has 3 saturated heterocycles. The first-order valence-electron chi connectivity index (χ1n) is 10.1. The molecule has 0 radical (unpaired) electrons. The molecule has 0 aliphatic carbocycles. The van der Waals surface area contributed by atoms with E-state index in [2.05, 4.69) is 21.5 Å². The number of piperidine rings is 1. The number of halogens is 1. The van der Waals surface area contributed by atoms with Crippen molar-refractivity contribution in [2.75, 3.05) is 59.4 Å². The minimum Gasteiger partial charge on any atom is -0.381 e. The number of ether oxygens (including phenoxy) is 3. The number of thioether (sulfide) groups is 1. The maximum atomic E-state index is 6.09. The predicted molar refractivity (Wildman–Crippen MR) is 123 cm³/mol. The van der Waals surface area contributed by atoms with Gasteiger partial charge >= 0.3 is 0 Å². The van der Waals surface area contributed by atoms with Crippen LogP contribution in [0.1, 0.15) is 38.5 Å². The van der Waals surface area contributed by atoms with Crippen molar-refractivity contribution in [3.8, 4) is 0 Å². The first kappa shape index (κ1) is 23.5. The predicted octanol–water partition coefficient (Wildman–Crippen LogP) is 2.75. The van der Waals surface area contributed by atoms with Crippen LogP contribution in [0.25, 0.3) is 0 Å². The SMILES string of the molecule is CN=C(NCC1(SC)CCOCC1)N1CCC(OCC2CCCO2)CC1.I. The Balaban J connectivity index is 0.00000261. The Morgan fingerprint density at radius 1 is 1.22 bits per heavy atom. The molecule has 1 unspecified atom stereocenters. The van der Waals surface area contributed by atoms with Crippen molar-refractivity contribution in [3.63, 3.8) is 0 Å². The van der Waals surface area contributed by atoms with Gasteiger partial charge < -0.3 is 24.4 Å². The van der Waals surface area contributed by atoms with Crippen LogP contribution < -0.4 is 5.32 Å². The smallest absolute Gasteiger partial charge is 0.193 e.